The number of hydrogen-bond acceptors (Lipinski definition) is 0. The Bertz CT molecular complexity index is 122. The maximum atomic E-state index is 2.45. The molecule has 0 aromatic carbocycles. The number of fused-ring (bicyclic) bond motifs is 1. The summed E-state index contributed by atoms with van der Waals surface area (Å²) < 4.78 is 0. The van der Waals surface area contributed by atoms with Crippen molar-refractivity contribution in [1.29, 1.82) is 0 Å². The summed E-state index contributed by atoms with van der Waals surface area (Å²) >= 11 is 0. The van der Waals surface area contributed by atoms with Gasteiger partial charge in [-0.1, -0.05) is 6.42 Å². The molecule has 1 saturated carbocycles. The molecule has 0 nitrogen and oxygen atoms in total. The first-order valence-corrected chi connectivity index (χ1v) is 6.42. The summed E-state index contributed by atoms with van der Waals surface area (Å²) in [6, 6.07) is 0. The van der Waals surface area contributed by atoms with E-state index in [9.17, 15) is 0 Å². The SMILES string of the molecule is C[S+]1CCC2CCCC2C1. The summed E-state index contributed by atoms with van der Waals surface area (Å²) in [4.78, 5) is 0. The van der Waals surface area contributed by atoms with Gasteiger partial charge >= 0.3 is 0 Å². The fourth-order valence-electron chi connectivity index (χ4n) is 2.51. The molecule has 10 heavy (non-hydrogen) atoms. The number of rotatable bonds is 0. The number of hydrogen-bond donors (Lipinski definition) is 0. The van der Waals surface area contributed by atoms with Gasteiger partial charge in [-0.15, -0.1) is 0 Å². The molecule has 2 aliphatic rings. The van der Waals surface area contributed by atoms with E-state index in [0.717, 1.165) is 22.7 Å². The molecule has 0 aromatic rings. The normalized spacial score (nSPS) is 47.1. The third-order valence-electron chi connectivity index (χ3n) is 3.15. The maximum absolute atomic E-state index is 2.45. The standard InChI is InChI=1S/C9H17S/c1-10-6-5-8-3-2-4-9(8)7-10/h8-9H,2-7H2,1H3/q+1. The van der Waals surface area contributed by atoms with Crippen molar-refractivity contribution in [3.8, 4) is 0 Å². The monoisotopic (exact) mass is 157 g/mol. The third-order valence-corrected chi connectivity index (χ3v) is 5.08. The highest BCUT2D eigenvalue weighted by atomic mass is 32.2. The van der Waals surface area contributed by atoms with Crippen molar-refractivity contribution in [3.05, 3.63) is 0 Å². The van der Waals surface area contributed by atoms with Crippen LogP contribution in [0.15, 0.2) is 0 Å². The first kappa shape index (κ1) is 7.02. The van der Waals surface area contributed by atoms with Gasteiger partial charge in [-0.25, -0.2) is 0 Å². The fraction of sp³-hybridized carbons (Fsp3) is 1.00. The first-order chi connectivity index (χ1) is 4.86. The van der Waals surface area contributed by atoms with Crippen molar-refractivity contribution in [2.24, 2.45) is 11.8 Å². The van der Waals surface area contributed by atoms with E-state index in [1.165, 1.54) is 6.42 Å². The summed E-state index contributed by atoms with van der Waals surface area (Å²) in [6.07, 6.45) is 8.66. The van der Waals surface area contributed by atoms with Gasteiger partial charge in [0.1, 0.15) is 11.5 Å². The van der Waals surface area contributed by atoms with Crippen LogP contribution in [0.3, 0.4) is 0 Å². The molecule has 1 heteroatoms. The predicted molar refractivity (Wildman–Crippen MR) is 48.5 cm³/mol. The zero-order valence-electron chi connectivity index (χ0n) is 6.81. The minimum atomic E-state index is 0.799. The van der Waals surface area contributed by atoms with Crippen molar-refractivity contribution in [2.75, 3.05) is 17.8 Å². The van der Waals surface area contributed by atoms with Gasteiger partial charge in [0.15, 0.2) is 0 Å². The van der Waals surface area contributed by atoms with Crippen molar-refractivity contribution in [1.82, 2.24) is 0 Å². The minimum Gasteiger partial charge on any atom is -0.0526 e. The molecule has 2 rings (SSSR count). The van der Waals surface area contributed by atoms with Crippen LogP contribution in [0.25, 0.3) is 0 Å². The maximum Gasteiger partial charge on any atom is 0.110 e. The van der Waals surface area contributed by atoms with E-state index in [0.29, 0.717) is 0 Å². The molecule has 0 spiro atoms. The van der Waals surface area contributed by atoms with Crippen LogP contribution in [-0.4, -0.2) is 17.8 Å². The molecule has 0 radical (unpaired) electrons. The molecule has 1 saturated heterocycles. The Balaban J connectivity index is 1.96. The summed E-state index contributed by atoms with van der Waals surface area (Å²) in [5.74, 6) is 5.43. The molecule has 1 aliphatic heterocycles. The third kappa shape index (κ3) is 1.20. The lowest BCUT2D eigenvalue weighted by Crippen LogP contribution is -2.28. The van der Waals surface area contributed by atoms with Crippen molar-refractivity contribution < 1.29 is 0 Å². The highest BCUT2D eigenvalue weighted by molar-refractivity contribution is 7.96. The molecular formula is C9H17S+. The Morgan fingerprint density at radius 1 is 1.10 bits per heavy atom. The van der Waals surface area contributed by atoms with Gasteiger partial charge in [-0.3, -0.25) is 0 Å². The van der Waals surface area contributed by atoms with Crippen LogP contribution in [-0.2, 0) is 10.9 Å². The Kier molecular flexibility index (Phi) is 1.94. The van der Waals surface area contributed by atoms with Gasteiger partial charge in [0.25, 0.3) is 0 Å². The molecule has 3 unspecified atom stereocenters. The summed E-state index contributed by atoms with van der Waals surface area (Å²) in [5, 5.41) is 0. The fourth-order valence-corrected chi connectivity index (χ4v) is 4.56. The van der Waals surface area contributed by atoms with Crippen LogP contribution < -0.4 is 0 Å². The van der Waals surface area contributed by atoms with Crippen molar-refractivity contribution >= 4 is 10.9 Å². The zero-order valence-corrected chi connectivity index (χ0v) is 7.62. The smallest absolute Gasteiger partial charge is 0.0526 e. The molecule has 0 aromatic heterocycles. The van der Waals surface area contributed by atoms with E-state index >= 15 is 0 Å². The van der Waals surface area contributed by atoms with E-state index in [2.05, 4.69) is 6.26 Å². The molecular weight excluding hydrogens is 140 g/mol. The molecule has 0 amide bonds. The van der Waals surface area contributed by atoms with Gasteiger partial charge < -0.3 is 0 Å². The van der Waals surface area contributed by atoms with Crippen molar-refractivity contribution in [3.63, 3.8) is 0 Å². The average molecular weight is 157 g/mol. The van der Waals surface area contributed by atoms with Crippen molar-refractivity contribution in [2.45, 2.75) is 25.7 Å². The molecule has 1 heterocycles. The lowest BCUT2D eigenvalue weighted by atomic mass is 9.95. The van der Waals surface area contributed by atoms with Crippen LogP contribution >= 0.6 is 0 Å². The topological polar surface area (TPSA) is 0 Å². The highest BCUT2D eigenvalue weighted by Crippen LogP contribution is 2.38. The van der Waals surface area contributed by atoms with E-state index in [1.54, 1.807) is 30.8 Å². The van der Waals surface area contributed by atoms with Gasteiger partial charge in [0.2, 0.25) is 0 Å². The van der Waals surface area contributed by atoms with E-state index in [1.807, 2.05) is 0 Å². The molecule has 0 N–H and O–H groups in total. The summed E-state index contributed by atoms with van der Waals surface area (Å²) in [5.41, 5.74) is 0. The van der Waals surface area contributed by atoms with Gasteiger partial charge in [0, 0.05) is 5.92 Å². The predicted octanol–water partition coefficient (Wildman–Crippen LogP) is 2.05. The second kappa shape index (κ2) is 2.77. The first-order valence-electron chi connectivity index (χ1n) is 4.45. The second-order valence-electron chi connectivity index (χ2n) is 3.89. The van der Waals surface area contributed by atoms with E-state index in [-0.39, 0.29) is 0 Å². The molecule has 1 aliphatic carbocycles. The van der Waals surface area contributed by atoms with Crippen LogP contribution in [0, 0.1) is 11.8 Å². The second-order valence-corrected chi connectivity index (χ2v) is 6.20. The average Bonchev–Trinajstić information content (AvgIpc) is 2.33. The molecule has 58 valence electrons. The minimum absolute atomic E-state index is 0.799. The molecule has 2 fully saturated rings. The van der Waals surface area contributed by atoms with Crippen LogP contribution in [0.1, 0.15) is 25.7 Å². The lowest BCUT2D eigenvalue weighted by Gasteiger charge is -2.23. The van der Waals surface area contributed by atoms with Crippen LogP contribution in [0.2, 0.25) is 0 Å². The summed E-state index contributed by atoms with van der Waals surface area (Å²) in [7, 11) is 0.799. The zero-order chi connectivity index (χ0) is 6.97. The van der Waals surface area contributed by atoms with Crippen LogP contribution in [0.4, 0.5) is 0 Å². The van der Waals surface area contributed by atoms with Gasteiger partial charge in [0.05, 0.1) is 6.26 Å². The largest absolute Gasteiger partial charge is 0.110 e. The highest BCUT2D eigenvalue weighted by Gasteiger charge is 2.36. The van der Waals surface area contributed by atoms with Crippen LogP contribution in [0.5, 0.6) is 0 Å². The van der Waals surface area contributed by atoms with E-state index in [4.69, 9.17) is 0 Å². The Morgan fingerprint density at radius 3 is 2.80 bits per heavy atom. The van der Waals surface area contributed by atoms with Gasteiger partial charge in [-0.2, -0.15) is 0 Å². The Morgan fingerprint density at radius 2 is 1.90 bits per heavy atom. The molecule has 0 bridgehead atoms. The Labute approximate surface area is 66.7 Å². The van der Waals surface area contributed by atoms with E-state index < -0.39 is 0 Å². The Hall–Kier alpha value is 0.350. The summed E-state index contributed by atoms with van der Waals surface area (Å²) in [6.45, 7) is 0. The quantitative estimate of drug-likeness (QED) is 0.472. The molecule has 3 atom stereocenters. The van der Waals surface area contributed by atoms with Gasteiger partial charge in [-0.05, 0) is 36.1 Å². The lowest BCUT2D eigenvalue weighted by molar-refractivity contribution is 0.403.